The van der Waals surface area contributed by atoms with Crippen molar-refractivity contribution in [3.8, 4) is 0 Å². The molecule has 3 aromatic rings. The first kappa shape index (κ1) is 17.9. The number of amidine groups is 1. The molecule has 0 unspecified atom stereocenters. The number of fused-ring (bicyclic) bond motifs is 1. The number of aromatic nitrogens is 1. The van der Waals surface area contributed by atoms with Gasteiger partial charge in [0.05, 0.1) is 0 Å². The highest BCUT2D eigenvalue weighted by molar-refractivity contribution is 7.90. The van der Waals surface area contributed by atoms with Gasteiger partial charge in [-0.25, -0.2) is 4.98 Å². The van der Waals surface area contributed by atoms with E-state index < -0.39 is 10.0 Å². The molecule has 0 radical (unpaired) electrons. The van der Waals surface area contributed by atoms with Crippen LogP contribution < -0.4 is 10.6 Å². The summed E-state index contributed by atoms with van der Waals surface area (Å²) in [5, 5.41) is 5.73. The lowest BCUT2D eigenvalue weighted by atomic mass is 10.1. The number of carbonyl (C=O) groups excluding carboxylic acids is 1. The fraction of sp³-hybridized carbons (Fsp3) is 0.0500. The molecule has 2 aromatic carbocycles. The minimum atomic E-state index is -3.68. The predicted octanol–water partition coefficient (Wildman–Crippen LogP) is 3.20. The van der Waals surface area contributed by atoms with Gasteiger partial charge in [0.25, 0.3) is 15.9 Å². The summed E-state index contributed by atoms with van der Waals surface area (Å²) in [4.78, 5) is 16.7. The van der Waals surface area contributed by atoms with Gasteiger partial charge >= 0.3 is 0 Å². The van der Waals surface area contributed by atoms with Crippen molar-refractivity contribution in [1.82, 2.24) is 4.98 Å². The third-order valence-corrected chi connectivity index (χ3v) is 5.53. The van der Waals surface area contributed by atoms with Gasteiger partial charge in [-0.1, -0.05) is 18.2 Å². The van der Waals surface area contributed by atoms with E-state index in [1.54, 1.807) is 54.7 Å². The van der Waals surface area contributed by atoms with Crippen LogP contribution in [0, 0.1) is 6.92 Å². The Morgan fingerprint density at radius 3 is 2.43 bits per heavy atom. The first-order valence-corrected chi connectivity index (χ1v) is 9.92. The van der Waals surface area contributed by atoms with Crippen molar-refractivity contribution in [3.05, 3.63) is 83.6 Å². The molecule has 0 aliphatic carbocycles. The van der Waals surface area contributed by atoms with E-state index in [1.807, 2.05) is 13.0 Å². The normalized spacial score (nSPS) is 14.1. The molecule has 4 rings (SSSR count). The van der Waals surface area contributed by atoms with E-state index in [4.69, 9.17) is 0 Å². The number of pyridine rings is 1. The number of sulfonamides is 1. The number of benzene rings is 2. The first-order chi connectivity index (χ1) is 13.4. The number of rotatable bonds is 3. The van der Waals surface area contributed by atoms with Crippen LogP contribution in [0.2, 0.25) is 0 Å². The van der Waals surface area contributed by atoms with Gasteiger partial charge in [0.2, 0.25) is 0 Å². The average Bonchev–Trinajstić information content (AvgIpc) is 2.95. The molecule has 1 amide bonds. The predicted molar refractivity (Wildman–Crippen MR) is 107 cm³/mol. The van der Waals surface area contributed by atoms with Crippen molar-refractivity contribution in [1.29, 1.82) is 0 Å². The van der Waals surface area contributed by atoms with Gasteiger partial charge in [0, 0.05) is 23.0 Å². The number of nitrogens with zero attached hydrogens (tertiary/aromatic N) is 2. The minimum Gasteiger partial charge on any atom is -0.339 e. The van der Waals surface area contributed by atoms with Crippen LogP contribution >= 0.6 is 0 Å². The molecule has 2 N–H and O–H groups in total. The molecular weight excluding hydrogens is 376 g/mol. The van der Waals surface area contributed by atoms with E-state index >= 15 is 0 Å². The maximum atomic E-state index is 12.3. The molecule has 8 heteroatoms. The summed E-state index contributed by atoms with van der Waals surface area (Å²) in [6, 6.07) is 16.9. The summed E-state index contributed by atoms with van der Waals surface area (Å²) in [5.74, 6) is 0.450. The molecule has 1 aliphatic rings. The number of aryl methyl sites for hydroxylation is 1. The molecule has 1 aromatic heterocycles. The third kappa shape index (κ3) is 3.49. The Balaban J connectivity index is 1.50. The maximum Gasteiger partial charge on any atom is 0.285 e. The largest absolute Gasteiger partial charge is 0.339 e. The van der Waals surface area contributed by atoms with Crippen molar-refractivity contribution in [2.24, 2.45) is 4.40 Å². The van der Waals surface area contributed by atoms with Crippen LogP contribution in [0.3, 0.4) is 0 Å². The molecule has 0 saturated heterocycles. The Morgan fingerprint density at radius 1 is 0.964 bits per heavy atom. The molecule has 28 heavy (non-hydrogen) atoms. The van der Waals surface area contributed by atoms with Gasteiger partial charge in [-0.3, -0.25) is 4.79 Å². The van der Waals surface area contributed by atoms with Crippen molar-refractivity contribution in [2.75, 3.05) is 10.6 Å². The van der Waals surface area contributed by atoms with E-state index in [1.165, 1.54) is 6.07 Å². The zero-order valence-electron chi connectivity index (χ0n) is 14.9. The SMILES string of the molecule is Cc1ccc(NC(=O)c2ccc(NC3=NS(=O)(=O)c4ccccc43)cc2)nc1. The van der Waals surface area contributed by atoms with Crippen molar-refractivity contribution in [2.45, 2.75) is 11.8 Å². The standard InChI is InChI=1S/C20H16N4O3S/c1-13-6-11-18(21-12-13)23-20(25)14-7-9-15(10-8-14)22-19-16-4-2-3-5-17(16)28(26,27)24-19/h2-12H,1H3,(H,22,24)(H,21,23,25). The van der Waals surface area contributed by atoms with Crippen LogP contribution in [-0.4, -0.2) is 25.1 Å². The summed E-state index contributed by atoms with van der Waals surface area (Å²) in [5.41, 5.74) is 2.60. The Kier molecular flexibility index (Phi) is 4.40. The molecular formula is C20H16N4O3S. The fourth-order valence-corrected chi connectivity index (χ4v) is 3.94. The molecule has 7 nitrogen and oxygen atoms in total. The van der Waals surface area contributed by atoms with Crippen LogP contribution in [0.1, 0.15) is 21.5 Å². The lowest BCUT2D eigenvalue weighted by Crippen LogP contribution is -2.14. The monoisotopic (exact) mass is 392 g/mol. The van der Waals surface area contributed by atoms with Crippen LogP contribution in [0.15, 0.2) is 76.2 Å². The highest BCUT2D eigenvalue weighted by atomic mass is 32.2. The fourth-order valence-electron chi connectivity index (χ4n) is 2.77. The molecule has 2 heterocycles. The highest BCUT2D eigenvalue weighted by Gasteiger charge is 2.28. The second-order valence-corrected chi connectivity index (χ2v) is 7.86. The van der Waals surface area contributed by atoms with E-state index in [9.17, 15) is 13.2 Å². The molecule has 0 atom stereocenters. The zero-order chi connectivity index (χ0) is 19.7. The number of amides is 1. The van der Waals surface area contributed by atoms with Crippen LogP contribution in [-0.2, 0) is 10.0 Å². The van der Waals surface area contributed by atoms with Gasteiger partial charge in [-0.2, -0.15) is 8.42 Å². The van der Waals surface area contributed by atoms with Gasteiger partial charge in [-0.15, -0.1) is 4.40 Å². The number of nitrogens with one attached hydrogen (secondary N) is 2. The van der Waals surface area contributed by atoms with Gasteiger partial charge in [0.15, 0.2) is 5.84 Å². The maximum absolute atomic E-state index is 12.3. The van der Waals surface area contributed by atoms with E-state index in [-0.39, 0.29) is 16.6 Å². The average molecular weight is 392 g/mol. The van der Waals surface area contributed by atoms with Gasteiger partial charge < -0.3 is 10.6 Å². The topological polar surface area (TPSA) is 101 Å². The number of hydrogen-bond donors (Lipinski definition) is 2. The molecule has 0 saturated carbocycles. The number of hydrogen-bond acceptors (Lipinski definition) is 5. The molecule has 140 valence electrons. The summed E-state index contributed by atoms with van der Waals surface area (Å²) < 4.78 is 28.0. The van der Waals surface area contributed by atoms with Gasteiger partial charge in [0.1, 0.15) is 10.7 Å². The Hall–Kier alpha value is -3.52. The van der Waals surface area contributed by atoms with Crippen molar-refractivity contribution >= 4 is 33.3 Å². The van der Waals surface area contributed by atoms with E-state index in [0.29, 0.717) is 22.6 Å². The number of anilines is 2. The van der Waals surface area contributed by atoms with Crippen LogP contribution in [0.25, 0.3) is 0 Å². The molecule has 0 spiro atoms. The number of carbonyl (C=O) groups is 1. The van der Waals surface area contributed by atoms with Crippen LogP contribution in [0.4, 0.5) is 11.5 Å². The second-order valence-electron chi connectivity index (χ2n) is 6.29. The highest BCUT2D eigenvalue weighted by Crippen LogP contribution is 2.26. The van der Waals surface area contributed by atoms with Crippen LogP contribution in [0.5, 0.6) is 0 Å². The molecule has 0 fully saturated rings. The van der Waals surface area contributed by atoms with Gasteiger partial charge in [-0.05, 0) is 55.0 Å². The third-order valence-electron chi connectivity index (χ3n) is 4.19. The zero-order valence-corrected chi connectivity index (χ0v) is 15.7. The molecule has 1 aliphatic heterocycles. The lowest BCUT2D eigenvalue weighted by molar-refractivity contribution is 0.102. The summed E-state index contributed by atoms with van der Waals surface area (Å²) in [6.45, 7) is 1.92. The van der Waals surface area contributed by atoms with Crippen molar-refractivity contribution < 1.29 is 13.2 Å². The smallest absolute Gasteiger partial charge is 0.285 e. The summed E-state index contributed by atoms with van der Waals surface area (Å²) >= 11 is 0. The van der Waals surface area contributed by atoms with E-state index in [0.717, 1.165) is 5.56 Å². The quantitative estimate of drug-likeness (QED) is 0.713. The summed E-state index contributed by atoms with van der Waals surface area (Å²) in [6.07, 6.45) is 1.68. The Bertz CT molecular complexity index is 1180. The summed E-state index contributed by atoms with van der Waals surface area (Å²) in [7, 11) is -3.68. The second kappa shape index (κ2) is 6.90. The van der Waals surface area contributed by atoms with E-state index in [2.05, 4.69) is 20.0 Å². The van der Waals surface area contributed by atoms with Crippen molar-refractivity contribution in [3.63, 3.8) is 0 Å². The lowest BCUT2D eigenvalue weighted by Gasteiger charge is -2.08. The Morgan fingerprint density at radius 2 is 1.71 bits per heavy atom. The first-order valence-electron chi connectivity index (χ1n) is 8.48. The Labute approximate surface area is 162 Å². The molecule has 0 bridgehead atoms. The minimum absolute atomic E-state index is 0.180.